The first kappa shape index (κ1) is 14.8. The molecule has 1 aliphatic carbocycles. The highest BCUT2D eigenvalue weighted by Crippen LogP contribution is 2.51. The van der Waals surface area contributed by atoms with Crippen molar-refractivity contribution in [1.29, 1.82) is 0 Å². The van der Waals surface area contributed by atoms with Crippen LogP contribution in [0.4, 0.5) is 4.79 Å². The van der Waals surface area contributed by atoms with Crippen LogP contribution in [0.5, 0.6) is 0 Å². The maximum absolute atomic E-state index is 11.7. The van der Waals surface area contributed by atoms with Crippen LogP contribution in [0.1, 0.15) is 40.5 Å². The number of carboxylic acid groups (broad SMARTS) is 1. The predicted octanol–water partition coefficient (Wildman–Crippen LogP) is 1.83. The van der Waals surface area contributed by atoms with Gasteiger partial charge in [0.05, 0.1) is 0 Å². The molecular formula is C13H24N2O3. The number of carbonyl (C=O) groups is 2. The highest BCUT2D eigenvalue weighted by molar-refractivity contribution is 5.82. The van der Waals surface area contributed by atoms with Crippen LogP contribution in [-0.4, -0.2) is 29.7 Å². The van der Waals surface area contributed by atoms with Crippen molar-refractivity contribution in [1.82, 2.24) is 10.6 Å². The van der Waals surface area contributed by atoms with Crippen LogP contribution in [0.25, 0.3) is 0 Å². The van der Waals surface area contributed by atoms with Crippen LogP contribution in [0.15, 0.2) is 0 Å². The fourth-order valence-electron chi connectivity index (χ4n) is 2.08. The van der Waals surface area contributed by atoms with Crippen LogP contribution in [-0.2, 0) is 4.79 Å². The third-order valence-electron chi connectivity index (χ3n) is 3.94. The van der Waals surface area contributed by atoms with E-state index in [1.54, 1.807) is 13.8 Å². The Hall–Kier alpha value is -1.26. The lowest BCUT2D eigenvalue weighted by molar-refractivity contribution is -0.140. The van der Waals surface area contributed by atoms with Crippen LogP contribution in [0, 0.1) is 17.3 Å². The first-order chi connectivity index (χ1) is 8.28. The van der Waals surface area contributed by atoms with E-state index in [-0.39, 0.29) is 17.4 Å². The average molecular weight is 256 g/mol. The zero-order valence-electron chi connectivity index (χ0n) is 11.6. The molecular weight excluding hydrogens is 232 g/mol. The summed E-state index contributed by atoms with van der Waals surface area (Å²) in [6.07, 6.45) is 2.27. The van der Waals surface area contributed by atoms with Crippen molar-refractivity contribution >= 4 is 12.0 Å². The van der Waals surface area contributed by atoms with Crippen molar-refractivity contribution in [2.75, 3.05) is 6.54 Å². The number of aliphatic carboxylic acids is 1. The minimum Gasteiger partial charge on any atom is -0.480 e. The van der Waals surface area contributed by atoms with Gasteiger partial charge in [-0.05, 0) is 30.1 Å². The van der Waals surface area contributed by atoms with Crippen molar-refractivity contribution in [3.8, 4) is 0 Å². The molecule has 104 valence electrons. The summed E-state index contributed by atoms with van der Waals surface area (Å²) in [7, 11) is 0. The Bertz CT molecular complexity index is 322. The molecule has 0 spiro atoms. The second-order valence-corrected chi connectivity index (χ2v) is 5.90. The lowest BCUT2D eigenvalue weighted by atomic mass is 9.92. The molecule has 5 nitrogen and oxygen atoms in total. The zero-order valence-corrected chi connectivity index (χ0v) is 11.6. The van der Waals surface area contributed by atoms with Gasteiger partial charge in [-0.3, -0.25) is 0 Å². The van der Waals surface area contributed by atoms with Gasteiger partial charge in [0.25, 0.3) is 0 Å². The van der Waals surface area contributed by atoms with Crippen molar-refractivity contribution < 1.29 is 14.7 Å². The minimum absolute atomic E-state index is 0.131. The molecule has 0 aliphatic heterocycles. The van der Waals surface area contributed by atoms with Crippen LogP contribution < -0.4 is 10.6 Å². The fourth-order valence-corrected chi connectivity index (χ4v) is 2.08. The Morgan fingerprint density at radius 2 is 1.78 bits per heavy atom. The molecule has 0 heterocycles. The molecule has 0 aromatic heterocycles. The largest absolute Gasteiger partial charge is 0.480 e. The predicted molar refractivity (Wildman–Crippen MR) is 69.3 cm³/mol. The van der Waals surface area contributed by atoms with Crippen molar-refractivity contribution in [2.24, 2.45) is 17.3 Å². The van der Waals surface area contributed by atoms with Gasteiger partial charge in [-0.15, -0.1) is 0 Å². The smallest absolute Gasteiger partial charge is 0.326 e. The lowest BCUT2D eigenvalue weighted by Crippen LogP contribution is -2.49. The summed E-state index contributed by atoms with van der Waals surface area (Å²) in [5, 5.41) is 14.3. The number of carbonyl (C=O) groups excluding carboxylic acids is 1. The Morgan fingerprint density at radius 3 is 2.11 bits per heavy atom. The van der Waals surface area contributed by atoms with E-state index in [9.17, 15) is 9.59 Å². The van der Waals surface area contributed by atoms with Gasteiger partial charge in [0, 0.05) is 6.54 Å². The zero-order chi connectivity index (χ0) is 13.9. The topological polar surface area (TPSA) is 78.4 Å². The van der Waals surface area contributed by atoms with Gasteiger partial charge in [0.1, 0.15) is 6.04 Å². The normalized spacial score (nSPS) is 18.6. The molecule has 0 bridgehead atoms. The summed E-state index contributed by atoms with van der Waals surface area (Å²) < 4.78 is 0. The highest BCUT2D eigenvalue weighted by atomic mass is 16.4. The molecule has 0 radical (unpaired) electrons. The molecule has 0 saturated heterocycles. The number of urea groups is 1. The fraction of sp³-hybridized carbons (Fsp3) is 0.846. The first-order valence-corrected chi connectivity index (χ1v) is 6.55. The molecule has 1 rings (SSSR count). The third-order valence-corrected chi connectivity index (χ3v) is 3.94. The Balaban J connectivity index is 2.40. The summed E-state index contributed by atoms with van der Waals surface area (Å²) >= 11 is 0. The van der Waals surface area contributed by atoms with Gasteiger partial charge in [-0.25, -0.2) is 9.59 Å². The van der Waals surface area contributed by atoms with Gasteiger partial charge < -0.3 is 15.7 Å². The molecule has 0 aromatic rings. The van der Waals surface area contributed by atoms with Crippen molar-refractivity contribution in [3.63, 3.8) is 0 Å². The van der Waals surface area contributed by atoms with Crippen LogP contribution in [0.2, 0.25) is 0 Å². The van der Waals surface area contributed by atoms with E-state index in [4.69, 9.17) is 5.11 Å². The maximum Gasteiger partial charge on any atom is 0.326 e. The third kappa shape index (κ3) is 3.62. The molecule has 1 aliphatic rings. The van der Waals surface area contributed by atoms with Gasteiger partial charge >= 0.3 is 12.0 Å². The minimum atomic E-state index is -0.995. The quantitative estimate of drug-likeness (QED) is 0.678. The van der Waals surface area contributed by atoms with Crippen molar-refractivity contribution in [3.05, 3.63) is 0 Å². The molecule has 3 N–H and O–H groups in total. The Labute approximate surface area is 108 Å². The summed E-state index contributed by atoms with van der Waals surface area (Å²) in [5.41, 5.74) is 0.230. The standard InChI is InChI=1S/C13H24N2O3/c1-8(2)10(11(16)17)15-12(18)14-7-13(5-6-13)9(3)4/h8-10H,5-7H2,1-4H3,(H,16,17)(H2,14,15,18)/t10-/m0/s1. The number of hydrogen-bond acceptors (Lipinski definition) is 2. The highest BCUT2D eigenvalue weighted by Gasteiger charge is 2.45. The second-order valence-electron chi connectivity index (χ2n) is 5.90. The average Bonchev–Trinajstić information content (AvgIpc) is 3.03. The number of nitrogens with one attached hydrogen (secondary N) is 2. The summed E-state index contributed by atoms with van der Waals surface area (Å²) in [5.74, 6) is -0.587. The van der Waals surface area contributed by atoms with E-state index in [1.807, 2.05) is 0 Å². The van der Waals surface area contributed by atoms with E-state index in [2.05, 4.69) is 24.5 Å². The van der Waals surface area contributed by atoms with E-state index in [1.165, 1.54) is 0 Å². The molecule has 0 unspecified atom stereocenters. The molecule has 2 amide bonds. The van der Waals surface area contributed by atoms with E-state index >= 15 is 0 Å². The van der Waals surface area contributed by atoms with Gasteiger partial charge in [-0.1, -0.05) is 27.7 Å². The van der Waals surface area contributed by atoms with Gasteiger partial charge in [-0.2, -0.15) is 0 Å². The number of rotatable bonds is 6. The van der Waals surface area contributed by atoms with Gasteiger partial charge in [0.15, 0.2) is 0 Å². The number of carboxylic acids is 1. The van der Waals surface area contributed by atoms with E-state index < -0.39 is 12.0 Å². The lowest BCUT2D eigenvalue weighted by Gasteiger charge is -2.22. The summed E-state index contributed by atoms with van der Waals surface area (Å²) in [6.45, 7) is 8.48. The Morgan fingerprint density at radius 1 is 1.22 bits per heavy atom. The SMILES string of the molecule is CC(C)[C@H](NC(=O)NCC1(C(C)C)CC1)C(=O)O. The van der Waals surface area contributed by atoms with E-state index in [0.717, 1.165) is 12.8 Å². The van der Waals surface area contributed by atoms with E-state index in [0.29, 0.717) is 12.5 Å². The first-order valence-electron chi connectivity index (χ1n) is 6.55. The van der Waals surface area contributed by atoms with Crippen molar-refractivity contribution in [2.45, 2.75) is 46.6 Å². The molecule has 18 heavy (non-hydrogen) atoms. The number of amides is 2. The molecule has 1 fully saturated rings. The summed E-state index contributed by atoms with van der Waals surface area (Å²) in [4.78, 5) is 22.6. The Kier molecular flexibility index (Phi) is 4.59. The summed E-state index contributed by atoms with van der Waals surface area (Å²) in [6, 6.07) is -1.22. The molecule has 1 atom stereocenters. The molecule has 0 aromatic carbocycles. The van der Waals surface area contributed by atoms with Crippen LogP contribution >= 0.6 is 0 Å². The number of hydrogen-bond donors (Lipinski definition) is 3. The van der Waals surface area contributed by atoms with Crippen LogP contribution in [0.3, 0.4) is 0 Å². The second kappa shape index (κ2) is 5.59. The maximum atomic E-state index is 11.7. The molecule has 1 saturated carbocycles. The van der Waals surface area contributed by atoms with Gasteiger partial charge in [0.2, 0.25) is 0 Å². The molecule has 5 heteroatoms. The monoisotopic (exact) mass is 256 g/mol.